The van der Waals surface area contributed by atoms with Crippen LogP contribution in [0.1, 0.15) is 30.6 Å². The predicted octanol–water partition coefficient (Wildman–Crippen LogP) is 2.36. The fourth-order valence-corrected chi connectivity index (χ4v) is 2.31. The predicted molar refractivity (Wildman–Crippen MR) is 84.6 cm³/mol. The van der Waals surface area contributed by atoms with Crippen LogP contribution in [0.2, 0.25) is 0 Å². The van der Waals surface area contributed by atoms with Crippen molar-refractivity contribution in [2.75, 3.05) is 14.2 Å². The van der Waals surface area contributed by atoms with Crippen LogP contribution in [-0.4, -0.2) is 23.9 Å². The minimum atomic E-state index is -0.696. The van der Waals surface area contributed by atoms with Gasteiger partial charge >= 0.3 is 0 Å². The van der Waals surface area contributed by atoms with E-state index in [0.717, 1.165) is 11.3 Å². The van der Waals surface area contributed by atoms with Gasteiger partial charge in [-0.2, -0.15) is 0 Å². The number of hydrogen-bond donors (Lipinski definition) is 1. The molecule has 1 atom stereocenters. The van der Waals surface area contributed by atoms with Gasteiger partial charge in [0.2, 0.25) is 0 Å². The second kappa shape index (κ2) is 7.13. The molecule has 0 aliphatic carbocycles. The van der Waals surface area contributed by atoms with Gasteiger partial charge in [0.25, 0.3) is 5.56 Å². The lowest BCUT2D eigenvalue weighted by molar-refractivity contribution is 0.168. The van der Waals surface area contributed by atoms with Crippen molar-refractivity contribution >= 4 is 0 Å². The van der Waals surface area contributed by atoms with E-state index < -0.39 is 6.10 Å². The first-order chi connectivity index (χ1) is 10.6. The van der Waals surface area contributed by atoms with Gasteiger partial charge in [-0.1, -0.05) is 19.1 Å². The molecule has 1 heterocycles. The molecule has 0 aliphatic rings. The molecular formula is C17H21NO4. The molecule has 5 heteroatoms. The number of rotatable bonds is 6. The monoisotopic (exact) mass is 303 g/mol. The van der Waals surface area contributed by atoms with E-state index in [4.69, 9.17) is 9.47 Å². The van der Waals surface area contributed by atoms with Gasteiger partial charge in [-0.3, -0.25) is 4.79 Å². The van der Waals surface area contributed by atoms with Crippen molar-refractivity contribution in [3.8, 4) is 11.5 Å². The fourth-order valence-electron chi connectivity index (χ4n) is 2.31. The van der Waals surface area contributed by atoms with Crippen LogP contribution < -0.4 is 15.0 Å². The van der Waals surface area contributed by atoms with E-state index in [1.54, 1.807) is 23.9 Å². The number of aliphatic hydroxyl groups is 1. The molecular weight excluding hydrogens is 282 g/mol. The van der Waals surface area contributed by atoms with E-state index in [-0.39, 0.29) is 11.3 Å². The van der Waals surface area contributed by atoms with Crippen LogP contribution in [-0.2, 0) is 6.54 Å². The summed E-state index contributed by atoms with van der Waals surface area (Å²) in [6.45, 7) is 2.29. The summed E-state index contributed by atoms with van der Waals surface area (Å²) in [6, 6.07) is 9.26. The Balaban J connectivity index is 2.33. The Morgan fingerprint density at radius 1 is 1.14 bits per heavy atom. The topological polar surface area (TPSA) is 60.7 Å². The van der Waals surface area contributed by atoms with E-state index in [1.165, 1.54) is 7.11 Å². The third-order valence-corrected chi connectivity index (χ3v) is 3.61. The van der Waals surface area contributed by atoms with Crippen molar-refractivity contribution in [1.82, 2.24) is 4.57 Å². The van der Waals surface area contributed by atoms with E-state index >= 15 is 0 Å². The molecule has 0 amide bonds. The zero-order chi connectivity index (χ0) is 16.1. The Kier molecular flexibility index (Phi) is 5.22. The smallest absolute Gasteiger partial charge is 0.293 e. The lowest BCUT2D eigenvalue weighted by atomic mass is 10.1. The second-order valence-electron chi connectivity index (χ2n) is 5.01. The number of methoxy groups -OCH3 is 2. The van der Waals surface area contributed by atoms with Crippen LogP contribution in [0.3, 0.4) is 0 Å². The maximum absolute atomic E-state index is 12.5. The zero-order valence-corrected chi connectivity index (χ0v) is 13.1. The molecule has 1 N–H and O–H groups in total. The van der Waals surface area contributed by atoms with Gasteiger partial charge in [-0.15, -0.1) is 0 Å². The molecule has 0 bridgehead atoms. The van der Waals surface area contributed by atoms with Crippen molar-refractivity contribution in [3.63, 3.8) is 0 Å². The molecule has 0 saturated heterocycles. The summed E-state index contributed by atoms with van der Waals surface area (Å²) >= 11 is 0. The third kappa shape index (κ3) is 3.31. The molecule has 0 fully saturated rings. The van der Waals surface area contributed by atoms with Gasteiger partial charge in [0.05, 0.1) is 26.9 Å². The molecule has 1 aromatic carbocycles. The molecule has 0 radical (unpaired) electrons. The molecule has 2 aromatic rings. The average Bonchev–Trinajstić information content (AvgIpc) is 2.56. The highest BCUT2D eigenvalue weighted by molar-refractivity contribution is 5.33. The number of nitrogens with zero attached hydrogens (tertiary/aromatic N) is 1. The van der Waals surface area contributed by atoms with Gasteiger partial charge < -0.3 is 19.1 Å². The second-order valence-corrected chi connectivity index (χ2v) is 5.01. The SMILES string of the molecule is CCC(O)c1ccn(Cc2ccc(OC)cc2)c(=O)c1OC. The van der Waals surface area contributed by atoms with E-state index in [9.17, 15) is 9.90 Å². The number of ether oxygens (including phenoxy) is 2. The number of pyridine rings is 1. The van der Waals surface area contributed by atoms with E-state index in [1.807, 2.05) is 31.2 Å². The summed E-state index contributed by atoms with van der Waals surface area (Å²) in [5, 5.41) is 9.96. The number of aromatic nitrogens is 1. The molecule has 1 aromatic heterocycles. The summed E-state index contributed by atoms with van der Waals surface area (Å²) in [6.07, 6.45) is 1.51. The molecule has 118 valence electrons. The minimum absolute atomic E-state index is 0.199. The van der Waals surface area contributed by atoms with Crippen molar-refractivity contribution in [3.05, 3.63) is 58.0 Å². The van der Waals surface area contributed by atoms with Crippen molar-refractivity contribution in [2.24, 2.45) is 0 Å². The number of benzene rings is 1. The first-order valence-electron chi connectivity index (χ1n) is 7.19. The van der Waals surface area contributed by atoms with Gasteiger partial charge in [-0.05, 0) is 30.2 Å². The summed E-state index contributed by atoms with van der Waals surface area (Å²) in [4.78, 5) is 12.5. The lowest BCUT2D eigenvalue weighted by Gasteiger charge is -2.15. The Morgan fingerprint density at radius 2 is 1.82 bits per heavy atom. The minimum Gasteiger partial charge on any atom is -0.497 e. The Morgan fingerprint density at radius 3 is 2.36 bits per heavy atom. The summed E-state index contributed by atoms with van der Waals surface area (Å²) in [5.41, 5.74) is 1.26. The Hall–Kier alpha value is -2.27. The molecule has 0 saturated carbocycles. The number of hydrogen-bond acceptors (Lipinski definition) is 4. The van der Waals surface area contributed by atoms with Crippen LogP contribution in [0.5, 0.6) is 11.5 Å². The van der Waals surface area contributed by atoms with Crippen LogP contribution in [0, 0.1) is 0 Å². The first kappa shape index (κ1) is 16.1. The van der Waals surface area contributed by atoms with Gasteiger partial charge in [0.15, 0.2) is 5.75 Å². The normalized spacial score (nSPS) is 12.0. The van der Waals surface area contributed by atoms with E-state index in [2.05, 4.69) is 0 Å². The average molecular weight is 303 g/mol. The summed E-state index contributed by atoms with van der Waals surface area (Å²) < 4.78 is 11.9. The maximum Gasteiger partial charge on any atom is 0.293 e. The Labute approximate surface area is 129 Å². The van der Waals surface area contributed by atoms with Gasteiger partial charge in [-0.25, -0.2) is 0 Å². The molecule has 0 aliphatic heterocycles. The van der Waals surface area contributed by atoms with Crippen molar-refractivity contribution < 1.29 is 14.6 Å². The highest BCUT2D eigenvalue weighted by Gasteiger charge is 2.16. The molecule has 5 nitrogen and oxygen atoms in total. The molecule has 22 heavy (non-hydrogen) atoms. The standard InChI is InChI=1S/C17H21NO4/c1-4-15(19)14-9-10-18(17(20)16(14)22-3)11-12-5-7-13(21-2)8-6-12/h5-10,15,19H,4,11H2,1-3H3. The summed E-state index contributed by atoms with van der Waals surface area (Å²) in [5.74, 6) is 0.973. The van der Waals surface area contributed by atoms with Crippen LogP contribution >= 0.6 is 0 Å². The lowest BCUT2D eigenvalue weighted by Crippen LogP contribution is -2.23. The summed E-state index contributed by atoms with van der Waals surface area (Å²) in [7, 11) is 3.06. The largest absolute Gasteiger partial charge is 0.497 e. The Bertz CT molecular complexity index is 676. The fraction of sp³-hybridized carbons (Fsp3) is 0.353. The molecule has 0 spiro atoms. The molecule has 2 rings (SSSR count). The van der Waals surface area contributed by atoms with Crippen LogP contribution in [0.15, 0.2) is 41.3 Å². The van der Waals surface area contributed by atoms with Crippen LogP contribution in [0.25, 0.3) is 0 Å². The van der Waals surface area contributed by atoms with Gasteiger partial charge in [0.1, 0.15) is 5.75 Å². The highest BCUT2D eigenvalue weighted by atomic mass is 16.5. The van der Waals surface area contributed by atoms with Crippen molar-refractivity contribution in [2.45, 2.75) is 26.0 Å². The maximum atomic E-state index is 12.5. The third-order valence-electron chi connectivity index (χ3n) is 3.61. The van der Waals surface area contributed by atoms with Gasteiger partial charge in [0, 0.05) is 11.8 Å². The zero-order valence-electron chi connectivity index (χ0n) is 13.1. The highest BCUT2D eigenvalue weighted by Crippen LogP contribution is 2.23. The van der Waals surface area contributed by atoms with E-state index in [0.29, 0.717) is 18.5 Å². The quantitative estimate of drug-likeness (QED) is 0.890. The first-order valence-corrected chi connectivity index (χ1v) is 7.19. The number of aliphatic hydroxyl groups excluding tert-OH is 1. The van der Waals surface area contributed by atoms with Crippen molar-refractivity contribution in [1.29, 1.82) is 0 Å². The molecule has 1 unspecified atom stereocenters. The van der Waals surface area contributed by atoms with Crippen LogP contribution in [0.4, 0.5) is 0 Å².